The number of carbonyl (C=O) groups is 3. The van der Waals surface area contributed by atoms with Gasteiger partial charge in [0.1, 0.15) is 11.4 Å². The molecule has 0 aliphatic carbocycles. The molecule has 5 aromatic rings. The number of carbonyl (C=O) groups excluding carboxylic acids is 3. The summed E-state index contributed by atoms with van der Waals surface area (Å²) >= 11 is 1.47. The lowest BCUT2D eigenvalue weighted by Gasteiger charge is -2.27. The van der Waals surface area contributed by atoms with Gasteiger partial charge >= 0.3 is 0 Å². The Labute approximate surface area is 279 Å². The molecule has 0 saturated heterocycles. The summed E-state index contributed by atoms with van der Waals surface area (Å²) in [6.07, 6.45) is 2.21. The Kier molecular flexibility index (Phi) is 11.2. The van der Waals surface area contributed by atoms with E-state index in [0.717, 1.165) is 16.3 Å². The molecule has 5 aromatic carbocycles. The van der Waals surface area contributed by atoms with E-state index >= 15 is 0 Å². The Balaban J connectivity index is 1.33. The summed E-state index contributed by atoms with van der Waals surface area (Å²) in [5.41, 5.74) is 3.25. The topological polar surface area (TPSA) is 87.7 Å². The van der Waals surface area contributed by atoms with Gasteiger partial charge in [0.05, 0.1) is 12.4 Å². The van der Waals surface area contributed by atoms with Gasteiger partial charge in [-0.2, -0.15) is 0 Å². The van der Waals surface area contributed by atoms with Crippen molar-refractivity contribution < 1.29 is 19.1 Å². The van der Waals surface area contributed by atoms with Gasteiger partial charge in [-0.15, -0.1) is 11.8 Å². The highest BCUT2D eigenvalue weighted by Gasteiger charge is 2.26. The quantitative estimate of drug-likeness (QED) is 0.106. The van der Waals surface area contributed by atoms with Crippen molar-refractivity contribution in [1.29, 1.82) is 0 Å². The molecule has 5 rings (SSSR count). The molecule has 0 saturated carbocycles. The van der Waals surface area contributed by atoms with E-state index in [2.05, 4.69) is 10.6 Å². The van der Waals surface area contributed by atoms with Crippen LogP contribution in [0.15, 0.2) is 150 Å². The average Bonchev–Trinajstić information content (AvgIpc) is 3.12. The number of para-hydroxylation sites is 3. The molecule has 47 heavy (non-hydrogen) atoms. The lowest BCUT2D eigenvalue weighted by molar-refractivity contribution is -0.117. The number of ether oxygens (including phenoxy) is 1. The van der Waals surface area contributed by atoms with Crippen LogP contribution in [0.2, 0.25) is 0 Å². The van der Waals surface area contributed by atoms with Crippen LogP contribution in [-0.2, 0) is 9.59 Å². The predicted molar refractivity (Wildman–Crippen MR) is 190 cm³/mol. The third-order valence-corrected chi connectivity index (χ3v) is 8.62. The van der Waals surface area contributed by atoms with Crippen molar-refractivity contribution >= 4 is 52.6 Å². The van der Waals surface area contributed by atoms with Crippen LogP contribution in [0.25, 0.3) is 6.08 Å². The van der Waals surface area contributed by atoms with Crippen LogP contribution >= 0.6 is 11.8 Å². The normalized spacial score (nSPS) is 11.7. The molecule has 0 heterocycles. The molecule has 1 unspecified atom stereocenters. The molecule has 3 amide bonds. The van der Waals surface area contributed by atoms with Gasteiger partial charge in [0.25, 0.3) is 11.8 Å². The van der Waals surface area contributed by atoms with E-state index in [9.17, 15) is 14.4 Å². The first kappa shape index (κ1) is 32.8. The second-order valence-corrected chi connectivity index (χ2v) is 11.7. The van der Waals surface area contributed by atoms with E-state index in [1.54, 1.807) is 66.6 Å². The molecule has 0 bridgehead atoms. The first-order valence-corrected chi connectivity index (χ1v) is 16.1. The number of hydrogen-bond donors (Lipinski definition) is 2. The van der Waals surface area contributed by atoms with Crippen LogP contribution in [0.4, 0.5) is 17.1 Å². The van der Waals surface area contributed by atoms with Gasteiger partial charge in [0.2, 0.25) is 5.91 Å². The summed E-state index contributed by atoms with van der Waals surface area (Å²) in [5, 5.41) is 5.30. The molecule has 0 aromatic heterocycles. The van der Waals surface area contributed by atoms with E-state index in [4.69, 9.17) is 4.74 Å². The van der Waals surface area contributed by atoms with Crippen molar-refractivity contribution in [2.24, 2.45) is 0 Å². The number of thioether (sulfide) groups is 1. The highest BCUT2D eigenvalue weighted by atomic mass is 32.2. The van der Waals surface area contributed by atoms with Gasteiger partial charge in [-0.1, -0.05) is 79.7 Å². The minimum Gasteiger partial charge on any atom is -0.496 e. The number of nitrogens with zero attached hydrogens (tertiary/aromatic N) is 1. The van der Waals surface area contributed by atoms with Crippen molar-refractivity contribution in [3.8, 4) is 5.75 Å². The van der Waals surface area contributed by atoms with E-state index in [-0.39, 0.29) is 16.9 Å². The monoisotopic (exact) mass is 641 g/mol. The van der Waals surface area contributed by atoms with Crippen LogP contribution in [0.5, 0.6) is 5.75 Å². The fourth-order valence-corrected chi connectivity index (χ4v) is 5.87. The number of anilines is 3. The van der Waals surface area contributed by atoms with Gasteiger partial charge in [-0.3, -0.25) is 19.3 Å². The van der Waals surface area contributed by atoms with Crippen molar-refractivity contribution in [3.63, 3.8) is 0 Å². The van der Waals surface area contributed by atoms with Crippen LogP contribution in [0.3, 0.4) is 0 Å². The smallest absolute Gasteiger partial charge is 0.272 e. The Morgan fingerprint density at radius 2 is 1.30 bits per heavy atom. The minimum atomic E-state index is -0.497. The molecular formula is C39H35N3O4S. The maximum atomic E-state index is 14.0. The molecule has 0 aliphatic rings. The van der Waals surface area contributed by atoms with Crippen molar-refractivity contribution in [3.05, 3.63) is 156 Å². The number of hydrogen-bond acceptors (Lipinski definition) is 5. The number of nitrogens with one attached hydrogen (secondary N) is 2. The Morgan fingerprint density at radius 1 is 0.745 bits per heavy atom. The first-order valence-electron chi connectivity index (χ1n) is 15.2. The zero-order chi connectivity index (χ0) is 33.0. The standard InChI is InChI=1S/C39H35N3O4S/c1-3-36(39(45)42(31-18-9-5-10-19-31)32-20-11-6-12-21-32)47-33-25-23-30(24-26-33)40-38(44)34(27-29-17-13-14-22-35(29)46-2)41-37(43)28-15-7-4-8-16-28/h4-27,36H,3H2,1-2H3,(H,40,44)(H,41,43)/b34-27-. The molecule has 1 atom stereocenters. The second kappa shape index (κ2) is 16.1. The highest BCUT2D eigenvalue weighted by molar-refractivity contribution is 8.00. The zero-order valence-corrected chi connectivity index (χ0v) is 26.9. The number of rotatable bonds is 12. The predicted octanol–water partition coefficient (Wildman–Crippen LogP) is 8.34. The number of methoxy groups -OCH3 is 1. The van der Waals surface area contributed by atoms with E-state index in [1.807, 2.05) is 97.9 Å². The SMILES string of the molecule is CCC(Sc1ccc(NC(=O)/C(=C/c2ccccc2OC)NC(=O)c2ccccc2)cc1)C(=O)N(c1ccccc1)c1ccccc1. The van der Waals surface area contributed by atoms with Crippen molar-refractivity contribution in [2.45, 2.75) is 23.5 Å². The number of amides is 3. The van der Waals surface area contributed by atoms with Crippen molar-refractivity contribution in [1.82, 2.24) is 5.32 Å². The molecule has 0 fully saturated rings. The van der Waals surface area contributed by atoms with Crippen LogP contribution in [0.1, 0.15) is 29.3 Å². The zero-order valence-electron chi connectivity index (χ0n) is 26.1. The summed E-state index contributed by atoms with van der Waals surface area (Å²) in [6, 6.07) is 42.5. The maximum absolute atomic E-state index is 14.0. The largest absolute Gasteiger partial charge is 0.496 e. The molecule has 0 aliphatic heterocycles. The van der Waals surface area contributed by atoms with Gasteiger partial charge < -0.3 is 15.4 Å². The van der Waals surface area contributed by atoms with Gasteiger partial charge in [-0.25, -0.2) is 0 Å². The summed E-state index contributed by atoms with van der Waals surface area (Å²) in [6.45, 7) is 2.00. The highest BCUT2D eigenvalue weighted by Crippen LogP contribution is 2.33. The molecular weight excluding hydrogens is 607 g/mol. The van der Waals surface area contributed by atoms with E-state index in [1.165, 1.54) is 11.8 Å². The van der Waals surface area contributed by atoms with Gasteiger partial charge in [-0.05, 0) is 79.2 Å². The summed E-state index contributed by atoms with van der Waals surface area (Å²) in [5.74, 6) is -0.369. The first-order chi connectivity index (χ1) is 23.0. The lowest BCUT2D eigenvalue weighted by Crippen LogP contribution is -2.34. The third kappa shape index (κ3) is 8.56. The van der Waals surface area contributed by atoms with Gasteiger partial charge in [0.15, 0.2) is 0 Å². The Bertz CT molecular complexity index is 1790. The third-order valence-electron chi connectivity index (χ3n) is 7.25. The molecule has 0 spiro atoms. The van der Waals surface area contributed by atoms with E-state index in [0.29, 0.717) is 29.0 Å². The Morgan fingerprint density at radius 3 is 1.87 bits per heavy atom. The van der Waals surface area contributed by atoms with Crippen LogP contribution < -0.4 is 20.3 Å². The average molecular weight is 642 g/mol. The molecule has 7 nitrogen and oxygen atoms in total. The Hall–Kier alpha value is -5.60. The van der Waals surface area contributed by atoms with Crippen LogP contribution in [0, 0.1) is 0 Å². The molecule has 2 N–H and O–H groups in total. The minimum absolute atomic E-state index is 0.0208. The fraction of sp³-hybridized carbons (Fsp3) is 0.103. The molecule has 0 radical (unpaired) electrons. The summed E-state index contributed by atoms with van der Waals surface area (Å²) < 4.78 is 5.45. The molecule has 236 valence electrons. The maximum Gasteiger partial charge on any atom is 0.272 e. The van der Waals surface area contributed by atoms with E-state index < -0.39 is 11.8 Å². The summed E-state index contributed by atoms with van der Waals surface area (Å²) in [4.78, 5) is 43.1. The van der Waals surface area contributed by atoms with Crippen LogP contribution in [-0.4, -0.2) is 30.1 Å². The number of benzene rings is 5. The fourth-order valence-electron chi connectivity index (χ4n) is 4.87. The van der Waals surface area contributed by atoms with Crippen molar-refractivity contribution in [2.75, 3.05) is 17.3 Å². The lowest BCUT2D eigenvalue weighted by atomic mass is 10.1. The van der Waals surface area contributed by atoms with Gasteiger partial charge in [0, 0.05) is 33.1 Å². The second-order valence-electron chi connectivity index (χ2n) is 10.5. The molecule has 8 heteroatoms. The summed E-state index contributed by atoms with van der Waals surface area (Å²) in [7, 11) is 1.55.